The third-order valence-corrected chi connectivity index (χ3v) is 4.55. The van der Waals surface area contributed by atoms with Gasteiger partial charge in [-0.15, -0.1) is 0 Å². The van der Waals surface area contributed by atoms with Gasteiger partial charge >= 0.3 is 0 Å². The van der Waals surface area contributed by atoms with E-state index in [-0.39, 0.29) is 18.2 Å². The number of nitrogens with zero attached hydrogens (tertiary/aromatic N) is 2. The first kappa shape index (κ1) is 19.1. The lowest BCUT2D eigenvalue weighted by molar-refractivity contribution is -0.115. The highest BCUT2D eigenvalue weighted by molar-refractivity contribution is 6.04. The van der Waals surface area contributed by atoms with Crippen LogP contribution in [0.1, 0.15) is 15.9 Å². The SMILES string of the molecule is O=C(Cc1ccc(-n2cccc2)cc1)Nc1cccc(NC(=O)c2ccncc2)c1. The number of hydrogen-bond acceptors (Lipinski definition) is 3. The highest BCUT2D eigenvalue weighted by atomic mass is 16.2. The van der Waals surface area contributed by atoms with E-state index in [1.165, 1.54) is 0 Å². The highest BCUT2D eigenvalue weighted by Crippen LogP contribution is 2.17. The molecule has 0 saturated heterocycles. The fourth-order valence-corrected chi connectivity index (χ4v) is 3.06. The van der Waals surface area contributed by atoms with Crippen LogP contribution in [0.4, 0.5) is 11.4 Å². The fourth-order valence-electron chi connectivity index (χ4n) is 3.06. The largest absolute Gasteiger partial charge is 0.326 e. The molecule has 0 fully saturated rings. The van der Waals surface area contributed by atoms with Crippen molar-refractivity contribution in [2.75, 3.05) is 10.6 Å². The molecule has 148 valence electrons. The van der Waals surface area contributed by atoms with Crippen LogP contribution in [-0.2, 0) is 11.2 Å². The Balaban J connectivity index is 1.36. The van der Waals surface area contributed by atoms with Crippen molar-refractivity contribution in [1.29, 1.82) is 0 Å². The van der Waals surface area contributed by atoms with Crippen LogP contribution >= 0.6 is 0 Å². The molecule has 6 nitrogen and oxygen atoms in total. The number of pyridine rings is 1. The molecule has 0 aliphatic heterocycles. The molecule has 0 spiro atoms. The van der Waals surface area contributed by atoms with Gasteiger partial charge in [0.05, 0.1) is 6.42 Å². The van der Waals surface area contributed by atoms with Crippen molar-refractivity contribution < 1.29 is 9.59 Å². The van der Waals surface area contributed by atoms with Crippen molar-refractivity contribution in [3.63, 3.8) is 0 Å². The Kier molecular flexibility index (Phi) is 5.66. The molecular formula is C24H20N4O2. The quantitative estimate of drug-likeness (QED) is 0.510. The highest BCUT2D eigenvalue weighted by Gasteiger charge is 2.08. The summed E-state index contributed by atoms with van der Waals surface area (Å²) in [6.07, 6.45) is 7.34. The second-order valence-electron chi connectivity index (χ2n) is 6.75. The number of hydrogen-bond donors (Lipinski definition) is 2. The molecular weight excluding hydrogens is 376 g/mol. The van der Waals surface area contributed by atoms with Crippen LogP contribution in [0.2, 0.25) is 0 Å². The maximum atomic E-state index is 12.4. The molecule has 6 heteroatoms. The van der Waals surface area contributed by atoms with Crippen molar-refractivity contribution in [1.82, 2.24) is 9.55 Å². The zero-order valence-electron chi connectivity index (χ0n) is 16.2. The van der Waals surface area contributed by atoms with Crippen molar-refractivity contribution in [2.45, 2.75) is 6.42 Å². The van der Waals surface area contributed by atoms with Crippen molar-refractivity contribution in [2.24, 2.45) is 0 Å². The second kappa shape index (κ2) is 8.87. The summed E-state index contributed by atoms with van der Waals surface area (Å²) in [5, 5.41) is 5.70. The predicted octanol–water partition coefficient (Wildman–Crippen LogP) is 4.31. The summed E-state index contributed by atoms with van der Waals surface area (Å²) in [4.78, 5) is 28.6. The van der Waals surface area contributed by atoms with Crippen molar-refractivity contribution >= 4 is 23.2 Å². The van der Waals surface area contributed by atoms with E-state index in [1.54, 1.807) is 48.8 Å². The lowest BCUT2D eigenvalue weighted by Gasteiger charge is -2.09. The van der Waals surface area contributed by atoms with Crippen LogP contribution in [0.5, 0.6) is 0 Å². The molecule has 0 aliphatic carbocycles. The van der Waals surface area contributed by atoms with E-state index in [0.29, 0.717) is 16.9 Å². The summed E-state index contributed by atoms with van der Waals surface area (Å²) in [6.45, 7) is 0. The molecule has 0 saturated carbocycles. The molecule has 4 aromatic rings. The van der Waals surface area contributed by atoms with Crippen LogP contribution in [0.25, 0.3) is 5.69 Å². The van der Waals surface area contributed by atoms with E-state index >= 15 is 0 Å². The molecule has 2 amide bonds. The first-order valence-corrected chi connectivity index (χ1v) is 9.51. The van der Waals surface area contributed by atoms with E-state index in [1.807, 2.05) is 53.4 Å². The molecule has 0 radical (unpaired) electrons. The van der Waals surface area contributed by atoms with Crippen LogP contribution in [0.3, 0.4) is 0 Å². The van der Waals surface area contributed by atoms with Crippen LogP contribution in [0, 0.1) is 0 Å². The molecule has 0 bridgehead atoms. The lowest BCUT2D eigenvalue weighted by Crippen LogP contribution is -2.15. The summed E-state index contributed by atoms with van der Waals surface area (Å²) in [7, 11) is 0. The molecule has 2 aromatic heterocycles. The van der Waals surface area contributed by atoms with Crippen molar-refractivity contribution in [3.05, 3.63) is 109 Å². The third-order valence-electron chi connectivity index (χ3n) is 4.55. The average molecular weight is 396 g/mol. The van der Waals surface area contributed by atoms with Crippen LogP contribution < -0.4 is 10.6 Å². The molecule has 4 rings (SSSR count). The minimum absolute atomic E-state index is 0.124. The molecule has 0 aliphatic rings. The lowest BCUT2D eigenvalue weighted by atomic mass is 10.1. The van der Waals surface area contributed by atoms with Gasteiger partial charge in [-0.2, -0.15) is 0 Å². The Labute approximate surface area is 174 Å². The monoisotopic (exact) mass is 396 g/mol. The van der Waals surface area contributed by atoms with Crippen molar-refractivity contribution in [3.8, 4) is 5.69 Å². The number of anilines is 2. The van der Waals surface area contributed by atoms with E-state index in [0.717, 1.165) is 11.3 Å². The number of nitrogens with one attached hydrogen (secondary N) is 2. The summed E-state index contributed by atoms with van der Waals surface area (Å²) in [5.74, 6) is -0.356. The smallest absolute Gasteiger partial charge is 0.255 e. The first-order chi connectivity index (χ1) is 14.7. The van der Waals surface area contributed by atoms with Gasteiger partial charge in [0.15, 0.2) is 0 Å². The number of carbonyl (C=O) groups is 2. The zero-order valence-corrected chi connectivity index (χ0v) is 16.2. The van der Waals surface area contributed by atoms with E-state index in [2.05, 4.69) is 15.6 Å². The normalized spacial score (nSPS) is 10.4. The molecule has 30 heavy (non-hydrogen) atoms. The van der Waals surface area contributed by atoms with Gasteiger partial charge in [-0.3, -0.25) is 14.6 Å². The maximum Gasteiger partial charge on any atom is 0.255 e. The topological polar surface area (TPSA) is 76.0 Å². The van der Waals surface area contributed by atoms with Gasteiger partial charge in [-0.05, 0) is 60.2 Å². The number of carbonyl (C=O) groups excluding carboxylic acids is 2. The zero-order chi connectivity index (χ0) is 20.8. The molecule has 0 unspecified atom stereocenters. The Hall–Kier alpha value is -4.19. The van der Waals surface area contributed by atoms with E-state index in [4.69, 9.17) is 0 Å². The van der Waals surface area contributed by atoms with E-state index < -0.39 is 0 Å². The van der Waals surface area contributed by atoms with Gasteiger partial charge in [-0.1, -0.05) is 18.2 Å². The summed E-state index contributed by atoms with van der Waals surface area (Å²) >= 11 is 0. The van der Waals surface area contributed by atoms with Gasteiger partial charge in [0.1, 0.15) is 0 Å². The van der Waals surface area contributed by atoms with Crippen LogP contribution in [-0.4, -0.2) is 21.4 Å². The average Bonchev–Trinajstić information content (AvgIpc) is 3.30. The van der Waals surface area contributed by atoms with Crippen LogP contribution in [0.15, 0.2) is 97.6 Å². The number of aromatic nitrogens is 2. The fraction of sp³-hybridized carbons (Fsp3) is 0.0417. The third kappa shape index (κ3) is 4.80. The van der Waals surface area contributed by atoms with E-state index in [9.17, 15) is 9.59 Å². The van der Waals surface area contributed by atoms with Gasteiger partial charge < -0.3 is 15.2 Å². The van der Waals surface area contributed by atoms with Gasteiger partial charge in [-0.25, -0.2) is 0 Å². The molecule has 0 atom stereocenters. The number of amides is 2. The second-order valence-corrected chi connectivity index (χ2v) is 6.75. The Morgan fingerprint density at radius 1 is 0.800 bits per heavy atom. The van der Waals surface area contributed by atoms with Gasteiger partial charge in [0.25, 0.3) is 5.91 Å². The number of rotatable bonds is 6. The molecule has 2 N–H and O–H groups in total. The maximum absolute atomic E-state index is 12.4. The Morgan fingerprint density at radius 3 is 2.17 bits per heavy atom. The Bertz CT molecular complexity index is 1140. The minimum atomic E-state index is -0.233. The standard InChI is InChI=1S/C24H20N4O2/c29-23(16-18-6-8-22(9-7-18)28-14-1-2-15-28)26-20-4-3-5-21(17-20)27-24(30)19-10-12-25-13-11-19/h1-15,17H,16H2,(H,26,29)(H,27,30). The number of benzene rings is 2. The molecule has 2 heterocycles. The Morgan fingerprint density at radius 2 is 1.47 bits per heavy atom. The van der Waals surface area contributed by atoms with Gasteiger partial charge in [0, 0.05) is 47.4 Å². The summed E-state index contributed by atoms with van der Waals surface area (Å²) in [5.41, 5.74) is 3.71. The first-order valence-electron chi connectivity index (χ1n) is 9.51. The predicted molar refractivity (Wildman–Crippen MR) is 117 cm³/mol. The summed E-state index contributed by atoms with van der Waals surface area (Å²) < 4.78 is 2.01. The molecule has 2 aromatic carbocycles. The van der Waals surface area contributed by atoms with Gasteiger partial charge in [0.2, 0.25) is 5.91 Å². The minimum Gasteiger partial charge on any atom is -0.326 e. The summed E-state index contributed by atoms with van der Waals surface area (Å²) in [6, 6.07) is 22.1.